The standard InChI is InChI=1S/C8H9BClO/c1-6-3-4-7(11-9-2)5-8(6)10/h3-5H,1-2H3. The van der Waals surface area contributed by atoms with E-state index < -0.39 is 0 Å². The van der Waals surface area contributed by atoms with Crippen LogP contribution < -0.4 is 4.65 Å². The largest absolute Gasteiger partial charge is 0.563 e. The van der Waals surface area contributed by atoms with Gasteiger partial charge in [-0.25, -0.2) is 0 Å². The lowest BCUT2D eigenvalue weighted by atomic mass is 10.1. The van der Waals surface area contributed by atoms with Gasteiger partial charge in [0.2, 0.25) is 0 Å². The first-order valence-corrected chi connectivity index (χ1v) is 3.82. The van der Waals surface area contributed by atoms with Gasteiger partial charge in [0.05, 0.1) is 5.75 Å². The first-order valence-electron chi connectivity index (χ1n) is 3.44. The summed E-state index contributed by atoms with van der Waals surface area (Å²) < 4.78 is 5.13. The zero-order chi connectivity index (χ0) is 8.27. The van der Waals surface area contributed by atoms with Crippen LogP contribution in [0.4, 0.5) is 0 Å². The number of hydrogen-bond donors (Lipinski definition) is 0. The van der Waals surface area contributed by atoms with Gasteiger partial charge in [-0.15, -0.1) is 0 Å². The van der Waals surface area contributed by atoms with E-state index in [1.54, 1.807) is 13.5 Å². The number of rotatable bonds is 2. The van der Waals surface area contributed by atoms with Crippen molar-refractivity contribution in [2.24, 2.45) is 0 Å². The Morgan fingerprint density at radius 1 is 1.45 bits per heavy atom. The highest BCUT2D eigenvalue weighted by Crippen LogP contribution is 2.21. The number of halogens is 1. The van der Waals surface area contributed by atoms with Crippen LogP contribution in [0.1, 0.15) is 5.56 Å². The van der Waals surface area contributed by atoms with E-state index in [-0.39, 0.29) is 0 Å². The molecule has 11 heavy (non-hydrogen) atoms. The van der Waals surface area contributed by atoms with Crippen molar-refractivity contribution in [2.45, 2.75) is 13.7 Å². The maximum absolute atomic E-state index is 5.86. The van der Waals surface area contributed by atoms with Crippen LogP contribution in [0.25, 0.3) is 0 Å². The lowest BCUT2D eigenvalue weighted by Gasteiger charge is -2.03. The number of aryl methyl sites for hydroxylation is 1. The van der Waals surface area contributed by atoms with E-state index in [4.69, 9.17) is 16.3 Å². The molecule has 0 saturated heterocycles. The van der Waals surface area contributed by atoms with Crippen molar-refractivity contribution in [2.75, 3.05) is 0 Å². The van der Waals surface area contributed by atoms with Crippen LogP contribution in [-0.2, 0) is 0 Å². The summed E-state index contributed by atoms with van der Waals surface area (Å²) >= 11 is 5.86. The highest BCUT2D eigenvalue weighted by molar-refractivity contribution is 6.31. The summed E-state index contributed by atoms with van der Waals surface area (Å²) in [5.74, 6) is 0.781. The van der Waals surface area contributed by atoms with Crippen molar-refractivity contribution >= 4 is 19.1 Å². The third-order valence-electron chi connectivity index (χ3n) is 1.40. The van der Waals surface area contributed by atoms with Crippen molar-refractivity contribution in [3.8, 4) is 5.75 Å². The molecule has 0 atom stereocenters. The van der Waals surface area contributed by atoms with Gasteiger partial charge in [-0.2, -0.15) is 0 Å². The molecule has 0 aliphatic carbocycles. The van der Waals surface area contributed by atoms with E-state index >= 15 is 0 Å². The summed E-state index contributed by atoms with van der Waals surface area (Å²) in [7, 11) is 1.63. The Labute approximate surface area is 72.6 Å². The summed E-state index contributed by atoms with van der Waals surface area (Å²) in [6, 6.07) is 5.62. The van der Waals surface area contributed by atoms with E-state index in [9.17, 15) is 0 Å². The molecule has 0 saturated carbocycles. The molecular formula is C8H9BClO. The fraction of sp³-hybridized carbons (Fsp3) is 0.250. The molecule has 1 rings (SSSR count). The van der Waals surface area contributed by atoms with Gasteiger partial charge < -0.3 is 4.65 Å². The lowest BCUT2D eigenvalue weighted by Crippen LogP contribution is -1.95. The van der Waals surface area contributed by atoms with Gasteiger partial charge in [-0.05, 0) is 24.6 Å². The zero-order valence-corrected chi connectivity index (χ0v) is 7.35. The van der Waals surface area contributed by atoms with Gasteiger partial charge in [-0.3, -0.25) is 0 Å². The Balaban J connectivity index is 2.86. The minimum absolute atomic E-state index is 0.740. The molecule has 0 heterocycles. The van der Waals surface area contributed by atoms with Crippen molar-refractivity contribution in [1.29, 1.82) is 0 Å². The summed E-state index contributed by atoms with van der Waals surface area (Å²) in [6.45, 7) is 3.79. The maximum atomic E-state index is 5.86. The summed E-state index contributed by atoms with van der Waals surface area (Å²) in [4.78, 5) is 0. The minimum Gasteiger partial charge on any atom is -0.563 e. The average molecular weight is 167 g/mol. The highest BCUT2D eigenvalue weighted by Gasteiger charge is 1.96. The van der Waals surface area contributed by atoms with Gasteiger partial charge in [0.25, 0.3) is 0 Å². The second kappa shape index (κ2) is 3.68. The molecule has 0 fully saturated rings. The van der Waals surface area contributed by atoms with Crippen molar-refractivity contribution < 1.29 is 4.65 Å². The molecule has 0 bridgehead atoms. The molecule has 0 aliphatic heterocycles. The van der Waals surface area contributed by atoms with E-state index in [0.29, 0.717) is 0 Å². The van der Waals surface area contributed by atoms with Gasteiger partial charge in [0.15, 0.2) is 0 Å². The average Bonchev–Trinajstić information content (AvgIpc) is 1.98. The molecule has 0 spiro atoms. The molecule has 1 aromatic rings. The normalized spacial score (nSPS) is 9.36. The van der Waals surface area contributed by atoms with Gasteiger partial charge in [0, 0.05) is 5.02 Å². The topological polar surface area (TPSA) is 9.23 Å². The number of benzene rings is 1. The molecule has 1 aromatic carbocycles. The van der Waals surface area contributed by atoms with E-state index in [2.05, 4.69) is 0 Å². The summed E-state index contributed by atoms with van der Waals surface area (Å²) in [5, 5.41) is 0.740. The Morgan fingerprint density at radius 3 is 2.73 bits per heavy atom. The quantitative estimate of drug-likeness (QED) is 0.616. The van der Waals surface area contributed by atoms with Gasteiger partial charge >= 0.3 is 7.48 Å². The highest BCUT2D eigenvalue weighted by atomic mass is 35.5. The van der Waals surface area contributed by atoms with Crippen molar-refractivity contribution in [1.82, 2.24) is 0 Å². The lowest BCUT2D eigenvalue weighted by molar-refractivity contribution is 0.600. The molecule has 0 aromatic heterocycles. The molecule has 3 heteroatoms. The molecule has 1 radical (unpaired) electrons. The third-order valence-corrected chi connectivity index (χ3v) is 1.80. The van der Waals surface area contributed by atoms with Crippen LogP contribution in [0.2, 0.25) is 11.8 Å². The SMILES string of the molecule is C[B]Oc1ccc(C)c(Cl)c1. The van der Waals surface area contributed by atoms with E-state index in [1.807, 2.05) is 25.9 Å². The van der Waals surface area contributed by atoms with Crippen LogP contribution in [0.15, 0.2) is 18.2 Å². The number of hydrogen-bond acceptors (Lipinski definition) is 1. The van der Waals surface area contributed by atoms with E-state index in [1.165, 1.54) is 0 Å². The molecule has 0 aliphatic rings. The fourth-order valence-electron chi connectivity index (χ4n) is 0.783. The summed E-state index contributed by atoms with van der Waals surface area (Å²) in [6.07, 6.45) is 0. The first-order chi connectivity index (χ1) is 5.24. The van der Waals surface area contributed by atoms with Crippen LogP contribution in [-0.4, -0.2) is 7.48 Å². The molecular weight excluding hydrogens is 158 g/mol. The Morgan fingerprint density at radius 2 is 2.18 bits per heavy atom. The fourth-order valence-corrected chi connectivity index (χ4v) is 0.954. The zero-order valence-electron chi connectivity index (χ0n) is 6.60. The molecule has 57 valence electrons. The summed E-state index contributed by atoms with van der Waals surface area (Å²) in [5.41, 5.74) is 1.06. The predicted molar refractivity (Wildman–Crippen MR) is 48.4 cm³/mol. The molecule has 0 unspecified atom stereocenters. The first kappa shape index (κ1) is 8.47. The predicted octanol–water partition coefficient (Wildman–Crippen LogP) is 2.69. The van der Waals surface area contributed by atoms with Gasteiger partial charge in [-0.1, -0.05) is 24.5 Å². The van der Waals surface area contributed by atoms with Crippen LogP contribution >= 0.6 is 11.6 Å². The van der Waals surface area contributed by atoms with E-state index in [0.717, 1.165) is 16.3 Å². The smallest absolute Gasteiger partial charge is 0.366 e. The minimum atomic E-state index is 0.740. The monoisotopic (exact) mass is 167 g/mol. The second-order valence-electron chi connectivity index (χ2n) is 2.26. The van der Waals surface area contributed by atoms with Crippen LogP contribution in [0, 0.1) is 6.92 Å². The molecule has 0 N–H and O–H groups in total. The molecule has 0 amide bonds. The van der Waals surface area contributed by atoms with Crippen LogP contribution in [0.5, 0.6) is 5.75 Å². The Hall–Kier alpha value is -0.625. The maximum Gasteiger partial charge on any atom is 0.366 e. The molecule has 1 nitrogen and oxygen atoms in total. The van der Waals surface area contributed by atoms with Crippen molar-refractivity contribution in [3.05, 3.63) is 28.8 Å². The Kier molecular flexibility index (Phi) is 2.83. The third kappa shape index (κ3) is 2.16. The Bertz CT molecular complexity index is 250. The van der Waals surface area contributed by atoms with Crippen molar-refractivity contribution in [3.63, 3.8) is 0 Å². The van der Waals surface area contributed by atoms with Crippen LogP contribution in [0.3, 0.4) is 0 Å². The second-order valence-corrected chi connectivity index (χ2v) is 2.67. The van der Waals surface area contributed by atoms with Gasteiger partial charge in [0.1, 0.15) is 0 Å².